The lowest BCUT2D eigenvalue weighted by Crippen LogP contribution is -2.11. The zero-order valence-corrected chi connectivity index (χ0v) is 11.1. The molecule has 1 unspecified atom stereocenters. The van der Waals surface area contributed by atoms with Gasteiger partial charge in [0.25, 0.3) is 0 Å². The van der Waals surface area contributed by atoms with Gasteiger partial charge in [-0.05, 0) is 29.1 Å². The van der Waals surface area contributed by atoms with Crippen LogP contribution in [0.1, 0.15) is 16.5 Å². The largest absolute Gasteiger partial charge is 0.496 e. The van der Waals surface area contributed by atoms with E-state index in [9.17, 15) is 4.79 Å². The van der Waals surface area contributed by atoms with Gasteiger partial charge in [0.15, 0.2) is 0 Å². The van der Waals surface area contributed by atoms with Crippen molar-refractivity contribution in [3.05, 3.63) is 50.6 Å². The molecule has 2 heterocycles. The van der Waals surface area contributed by atoms with Crippen molar-refractivity contribution >= 4 is 22.4 Å². The molecule has 0 saturated carbocycles. The number of aromatic nitrogens is 2. The van der Waals surface area contributed by atoms with Crippen LogP contribution in [0.2, 0.25) is 0 Å². The Balaban J connectivity index is 2.05. The summed E-state index contributed by atoms with van der Waals surface area (Å²) in [6.45, 7) is 0. The highest BCUT2D eigenvalue weighted by molar-refractivity contribution is 7.10. The zero-order chi connectivity index (χ0) is 13.4. The van der Waals surface area contributed by atoms with Crippen molar-refractivity contribution in [3.8, 4) is 5.75 Å². The SMILES string of the molecule is COc1ccsc1C(N)c1ccc2[nH]c(=O)[nH]c2c1. The summed E-state index contributed by atoms with van der Waals surface area (Å²) in [7, 11) is 1.63. The van der Waals surface area contributed by atoms with Crippen LogP contribution in [-0.2, 0) is 0 Å². The van der Waals surface area contributed by atoms with E-state index in [1.54, 1.807) is 18.4 Å². The smallest absolute Gasteiger partial charge is 0.323 e. The van der Waals surface area contributed by atoms with Gasteiger partial charge < -0.3 is 20.4 Å². The molecular weight excluding hydrogens is 262 g/mol. The number of aromatic amines is 2. The Bertz CT molecular complexity index is 771. The van der Waals surface area contributed by atoms with Crippen LogP contribution in [-0.4, -0.2) is 17.1 Å². The minimum atomic E-state index is -0.266. The van der Waals surface area contributed by atoms with Gasteiger partial charge in [0.1, 0.15) is 5.75 Å². The van der Waals surface area contributed by atoms with Crippen LogP contribution in [0.4, 0.5) is 0 Å². The summed E-state index contributed by atoms with van der Waals surface area (Å²) in [5.41, 5.74) is 8.52. The van der Waals surface area contributed by atoms with E-state index in [1.165, 1.54) is 0 Å². The molecule has 0 aliphatic rings. The monoisotopic (exact) mass is 275 g/mol. The number of fused-ring (bicyclic) bond motifs is 1. The average Bonchev–Trinajstić information content (AvgIpc) is 3.01. The average molecular weight is 275 g/mol. The van der Waals surface area contributed by atoms with Crippen molar-refractivity contribution in [3.63, 3.8) is 0 Å². The van der Waals surface area contributed by atoms with Crippen LogP contribution >= 0.6 is 11.3 Å². The number of rotatable bonds is 3. The van der Waals surface area contributed by atoms with E-state index in [0.717, 1.165) is 27.2 Å². The lowest BCUT2D eigenvalue weighted by Gasteiger charge is -2.12. The number of benzene rings is 1. The molecule has 0 spiro atoms. The predicted molar refractivity (Wildman–Crippen MR) is 75.8 cm³/mol. The van der Waals surface area contributed by atoms with Gasteiger partial charge in [-0.25, -0.2) is 4.79 Å². The van der Waals surface area contributed by atoms with Crippen LogP contribution < -0.4 is 16.2 Å². The lowest BCUT2D eigenvalue weighted by atomic mass is 10.1. The first-order valence-electron chi connectivity index (χ1n) is 5.78. The lowest BCUT2D eigenvalue weighted by molar-refractivity contribution is 0.411. The first-order valence-corrected chi connectivity index (χ1v) is 6.66. The van der Waals surface area contributed by atoms with Crippen LogP contribution in [0, 0.1) is 0 Å². The Hall–Kier alpha value is -2.05. The van der Waals surface area contributed by atoms with E-state index in [0.29, 0.717) is 0 Å². The summed E-state index contributed by atoms with van der Waals surface area (Å²) in [6, 6.07) is 7.28. The van der Waals surface area contributed by atoms with E-state index in [4.69, 9.17) is 10.5 Å². The van der Waals surface area contributed by atoms with E-state index in [1.807, 2.05) is 29.6 Å². The van der Waals surface area contributed by atoms with Crippen LogP contribution in [0.25, 0.3) is 11.0 Å². The molecule has 4 N–H and O–H groups in total. The maximum atomic E-state index is 11.2. The molecule has 0 aliphatic heterocycles. The quantitative estimate of drug-likeness (QED) is 0.683. The van der Waals surface area contributed by atoms with E-state index < -0.39 is 0 Å². The number of nitrogens with one attached hydrogen (secondary N) is 2. The minimum Gasteiger partial charge on any atom is -0.496 e. The van der Waals surface area contributed by atoms with Crippen molar-refractivity contribution in [2.45, 2.75) is 6.04 Å². The first-order chi connectivity index (χ1) is 9.19. The second kappa shape index (κ2) is 4.56. The number of ether oxygens (including phenoxy) is 1. The van der Waals surface area contributed by atoms with Gasteiger partial charge in [0.2, 0.25) is 0 Å². The Morgan fingerprint density at radius 3 is 2.84 bits per heavy atom. The standard InChI is InChI=1S/C13H13N3O2S/c1-18-10-4-5-19-12(10)11(14)7-2-3-8-9(6-7)16-13(17)15-8/h2-6,11H,14H2,1H3,(H2,15,16,17). The third-order valence-corrected chi connectivity index (χ3v) is 4.04. The molecule has 2 aromatic heterocycles. The molecule has 98 valence electrons. The number of methoxy groups -OCH3 is 1. The van der Waals surface area contributed by atoms with Crippen LogP contribution in [0.15, 0.2) is 34.4 Å². The third-order valence-electron chi connectivity index (χ3n) is 3.06. The Kier molecular flexibility index (Phi) is 2.88. The second-order valence-electron chi connectivity index (χ2n) is 4.22. The van der Waals surface area contributed by atoms with E-state index >= 15 is 0 Å². The van der Waals surface area contributed by atoms with Crippen LogP contribution in [0.5, 0.6) is 5.75 Å². The van der Waals surface area contributed by atoms with Gasteiger partial charge in [-0.1, -0.05) is 6.07 Å². The molecule has 3 aromatic rings. The molecule has 5 nitrogen and oxygen atoms in total. The van der Waals surface area contributed by atoms with Gasteiger partial charge in [0.05, 0.1) is 29.1 Å². The second-order valence-corrected chi connectivity index (χ2v) is 5.16. The molecule has 0 bridgehead atoms. The number of imidazole rings is 1. The first kappa shape index (κ1) is 12.0. The normalized spacial score (nSPS) is 12.7. The van der Waals surface area contributed by atoms with Crippen molar-refractivity contribution in [2.24, 2.45) is 5.73 Å². The van der Waals surface area contributed by atoms with Gasteiger partial charge in [-0.15, -0.1) is 11.3 Å². The van der Waals surface area contributed by atoms with Crippen molar-refractivity contribution in [1.29, 1.82) is 0 Å². The van der Waals surface area contributed by atoms with E-state index in [-0.39, 0.29) is 11.7 Å². The number of hydrogen-bond donors (Lipinski definition) is 3. The molecular formula is C13H13N3O2S. The van der Waals surface area contributed by atoms with Gasteiger partial charge >= 0.3 is 5.69 Å². The molecule has 1 atom stereocenters. The minimum absolute atomic E-state index is 0.213. The number of thiophene rings is 1. The molecule has 0 fully saturated rings. The fourth-order valence-corrected chi connectivity index (χ4v) is 2.99. The highest BCUT2D eigenvalue weighted by Gasteiger charge is 2.16. The summed E-state index contributed by atoms with van der Waals surface area (Å²) in [5.74, 6) is 0.792. The van der Waals surface area contributed by atoms with Gasteiger partial charge in [-0.2, -0.15) is 0 Å². The highest BCUT2D eigenvalue weighted by atomic mass is 32.1. The summed E-state index contributed by atoms with van der Waals surface area (Å²) < 4.78 is 5.29. The topological polar surface area (TPSA) is 83.9 Å². The summed E-state index contributed by atoms with van der Waals surface area (Å²) >= 11 is 1.56. The van der Waals surface area contributed by atoms with Crippen molar-refractivity contribution in [1.82, 2.24) is 9.97 Å². The maximum absolute atomic E-state index is 11.2. The molecule has 0 saturated heterocycles. The fraction of sp³-hybridized carbons (Fsp3) is 0.154. The van der Waals surface area contributed by atoms with Crippen LogP contribution in [0.3, 0.4) is 0 Å². The number of nitrogens with two attached hydrogens (primary N) is 1. The molecule has 0 radical (unpaired) electrons. The molecule has 6 heteroatoms. The Morgan fingerprint density at radius 2 is 2.05 bits per heavy atom. The number of hydrogen-bond acceptors (Lipinski definition) is 4. The molecule has 0 amide bonds. The predicted octanol–water partition coefficient (Wildman–Crippen LogP) is 1.97. The van der Waals surface area contributed by atoms with Crippen molar-refractivity contribution < 1.29 is 4.74 Å². The Morgan fingerprint density at radius 1 is 1.26 bits per heavy atom. The molecule has 3 rings (SSSR count). The van der Waals surface area contributed by atoms with Gasteiger partial charge in [0, 0.05) is 0 Å². The zero-order valence-electron chi connectivity index (χ0n) is 10.3. The van der Waals surface area contributed by atoms with E-state index in [2.05, 4.69) is 9.97 Å². The fourth-order valence-electron chi connectivity index (χ4n) is 2.10. The third kappa shape index (κ3) is 2.05. The summed E-state index contributed by atoms with van der Waals surface area (Å²) in [5, 5.41) is 1.95. The summed E-state index contributed by atoms with van der Waals surface area (Å²) in [6.07, 6.45) is 0. The maximum Gasteiger partial charge on any atom is 0.323 e. The number of H-pyrrole nitrogens is 2. The molecule has 0 aliphatic carbocycles. The summed E-state index contributed by atoms with van der Waals surface area (Å²) in [4.78, 5) is 17.7. The van der Waals surface area contributed by atoms with Gasteiger partial charge in [-0.3, -0.25) is 0 Å². The molecule has 19 heavy (non-hydrogen) atoms. The Labute approximate surface area is 113 Å². The molecule has 1 aromatic carbocycles. The van der Waals surface area contributed by atoms with Crippen molar-refractivity contribution in [2.75, 3.05) is 7.11 Å². The highest BCUT2D eigenvalue weighted by Crippen LogP contribution is 2.33.